The van der Waals surface area contributed by atoms with Gasteiger partial charge in [0, 0.05) is 31.2 Å². The van der Waals surface area contributed by atoms with Crippen LogP contribution in [0.2, 0.25) is 0 Å². The molecule has 0 radical (unpaired) electrons. The number of hydrogen-bond donors (Lipinski definition) is 0. The maximum Gasteiger partial charge on any atom is 0.0474 e. The minimum Gasteiger partial charge on any atom is -0.385 e. The van der Waals surface area contributed by atoms with E-state index < -0.39 is 0 Å². The highest BCUT2D eigenvalue weighted by atomic mass is 16.5. The predicted molar refractivity (Wildman–Crippen MR) is 61.8 cm³/mol. The fourth-order valence-electron chi connectivity index (χ4n) is 1.76. The lowest BCUT2D eigenvalue weighted by Gasteiger charge is -2.29. The van der Waals surface area contributed by atoms with Gasteiger partial charge in [0.2, 0.25) is 0 Å². The van der Waals surface area contributed by atoms with Gasteiger partial charge < -0.3 is 9.64 Å². The summed E-state index contributed by atoms with van der Waals surface area (Å²) < 4.78 is 5.00. The van der Waals surface area contributed by atoms with Gasteiger partial charge in [-0.1, -0.05) is 12.5 Å². The molecule has 0 aromatic rings. The summed E-state index contributed by atoms with van der Waals surface area (Å²) in [4.78, 5) is 5.25. The lowest BCUT2D eigenvalue weighted by Crippen LogP contribution is -2.36. The van der Waals surface area contributed by atoms with Crippen LogP contribution in [-0.2, 0) is 4.74 Å². The highest BCUT2D eigenvalue weighted by Crippen LogP contribution is 2.13. The van der Waals surface area contributed by atoms with Crippen LogP contribution < -0.4 is 0 Å². The van der Waals surface area contributed by atoms with Crippen molar-refractivity contribution in [3.05, 3.63) is 10.4 Å². The van der Waals surface area contributed by atoms with Crippen molar-refractivity contribution in [2.24, 2.45) is 5.11 Å². The molecule has 1 heterocycles. The van der Waals surface area contributed by atoms with Crippen molar-refractivity contribution in [1.29, 1.82) is 0 Å². The number of azide groups is 1. The molecule has 0 saturated carbocycles. The van der Waals surface area contributed by atoms with Gasteiger partial charge in [0.25, 0.3) is 0 Å². The molecule has 0 aromatic heterocycles. The summed E-state index contributed by atoms with van der Waals surface area (Å²) in [6.07, 6.45) is 3.08. The molecule has 15 heavy (non-hydrogen) atoms. The maximum absolute atomic E-state index is 8.29. The molecule has 88 valence electrons. The molecule has 1 saturated heterocycles. The fraction of sp³-hybridized carbons (Fsp3) is 1.00. The molecule has 0 bridgehead atoms. The first-order valence-electron chi connectivity index (χ1n) is 5.12. The zero-order chi connectivity index (χ0) is 10.2. The third kappa shape index (κ3) is 5.62. The van der Waals surface area contributed by atoms with Crippen LogP contribution in [0.1, 0.15) is 26.7 Å². The number of rotatable bonds is 5. The Balaban J connectivity index is 0.00000196. The van der Waals surface area contributed by atoms with E-state index in [2.05, 4.69) is 14.9 Å². The van der Waals surface area contributed by atoms with E-state index >= 15 is 0 Å². The third-order valence-corrected chi connectivity index (χ3v) is 2.59. The Morgan fingerprint density at radius 1 is 1.47 bits per heavy atom. The zero-order valence-electron chi connectivity index (χ0n) is 8.72. The molecule has 0 atom stereocenters. The molecule has 0 amide bonds. The highest BCUT2D eigenvalue weighted by Gasteiger charge is 2.17. The van der Waals surface area contributed by atoms with Crippen molar-refractivity contribution >= 4 is 0 Å². The standard InChI is InChI=1S/C9H18N4O.CH4/c1-14-8-2-5-13-6-3-9(4-7-13)11-12-10;/h9H,2-8H2,1H3;1H4. The molecule has 1 fully saturated rings. The van der Waals surface area contributed by atoms with Crippen LogP contribution in [-0.4, -0.2) is 44.3 Å². The fourth-order valence-corrected chi connectivity index (χ4v) is 1.76. The van der Waals surface area contributed by atoms with Gasteiger partial charge in [0.05, 0.1) is 0 Å². The molecule has 1 aliphatic rings. The number of methoxy groups -OCH3 is 1. The Hall–Kier alpha value is -0.770. The molecule has 0 spiro atoms. The van der Waals surface area contributed by atoms with E-state index in [1.165, 1.54) is 0 Å². The number of hydrogen-bond acceptors (Lipinski definition) is 3. The van der Waals surface area contributed by atoms with E-state index in [1.807, 2.05) is 0 Å². The molecular formula is C10H22N4O. The first kappa shape index (κ1) is 14.2. The number of nitrogens with zero attached hydrogens (tertiary/aromatic N) is 4. The summed E-state index contributed by atoms with van der Waals surface area (Å²) in [6, 6.07) is 0.221. The van der Waals surface area contributed by atoms with Crippen molar-refractivity contribution in [2.75, 3.05) is 33.4 Å². The summed E-state index contributed by atoms with van der Waals surface area (Å²) in [7, 11) is 1.73. The molecule has 0 N–H and O–H groups in total. The van der Waals surface area contributed by atoms with E-state index in [9.17, 15) is 0 Å². The molecule has 0 unspecified atom stereocenters. The zero-order valence-corrected chi connectivity index (χ0v) is 8.72. The number of piperidine rings is 1. The van der Waals surface area contributed by atoms with Crippen LogP contribution >= 0.6 is 0 Å². The summed E-state index contributed by atoms with van der Waals surface area (Å²) >= 11 is 0. The minimum atomic E-state index is 0. The van der Waals surface area contributed by atoms with Crippen LogP contribution in [0.4, 0.5) is 0 Å². The second-order valence-corrected chi connectivity index (χ2v) is 3.62. The number of likely N-dealkylation sites (tertiary alicyclic amines) is 1. The monoisotopic (exact) mass is 214 g/mol. The van der Waals surface area contributed by atoms with E-state index in [-0.39, 0.29) is 13.5 Å². The molecule has 5 nitrogen and oxygen atoms in total. The van der Waals surface area contributed by atoms with Crippen molar-refractivity contribution < 1.29 is 4.74 Å². The van der Waals surface area contributed by atoms with Crippen LogP contribution in [0.25, 0.3) is 10.4 Å². The second-order valence-electron chi connectivity index (χ2n) is 3.62. The Morgan fingerprint density at radius 3 is 2.67 bits per heavy atom. The van der Waals surface area contributed by atoms with Crippen molar-refractivity contribution in [1.82, 2.24) is 4.90 Å². The molecular weight excluding hydrogens is 192 g/mol. The molecule has 1 aliphatic heterocycles. The average molecular weight is 214 g/mol. The SMILES string of the molecule is C.COCCCN1CCC(N=[N+]=[N-])CC1. The van der Waals surface area contributed by atoms with Crippen molar-refractivity contribution in [2.45, 2.75) is 32.7 Å². The Kier molecular flexibility index (Phi) is 8.09. The predicted octanol–water partition coefficient (Wildman–Crippen LogP) is 2.43. The first-order chi connectivity index (χ1) is 6.86. The van der Waals surface area contributed by atoms with Gasteiger partial charge in [0.15, 0.2) is 0 Å². The van der Waals surface area contributed by atoms with Gasteiger partial charge >= 0.3 is 0 Å². The van der Waals surface area contributed by atoms with Crippen molar-refractivity contribution in [3.63, 3.8) is 0 Å². The first-order valence-corrected chi connectivity index (χ1v) is 5.12. The lowest BCUT2D eigenvalue weighted by molar-refractivity contribution is 0.158. The average Bonchev–Trinajstić information content (AvgIpc) is 2.21. The Bertz CT molecular complexity index is 196. The Morgan fingerprint density at radius 2 is 2.13 bits per heavy atom. The van der Waals surface area contributed by atoms with Crippen LogP contribution in [0.5, 0.6) is 0 Å². The smallest absolute Gasteiger partial charge is 0.0474 e. The minimum absolute atomic E-state index is 0. The lowest BCUT2D eigenvalue weighted by atomic mass is 10.1. The van der Waals surface area contributed by atoms with Gasteiger partial charge in [-0.3, -0.25) is 0 Å². The molecule has 0 aromatic carbocycles. The molecule has 5 heteroatoms. The largest absolute Gasteiger partial charge is 0.385 e. The molecule has 0 aliphatic carbocycles. The van der Waals surface area contributed by atoms with E-state index in [0.29, 0.717) is 0 Å². The van der Waals surface area contributed by atoms with Gasteiger partial charge in [-0.05, 0) is 37.9 Å². The van der Waals surface area contributed by atoms with Gasteiger partial charge in [-0.2, -0.15) is 0 Å². The van der Waals surface area contributed by atoms with Crippen LogP contribution in [0.15, 0.2) is 5.11 Å². The van der Waals surface area contributed by atoms with Crippen LogP contribution in [0.3, 0.4) is 0 Å². The quantitative estimate of drug-likeness (QED) is 0.305. The van der Waals surface area contributed by atoms with Gasteiger partial charge in [-0.15, -0.1) is 0 Å². The summed E-state index contributed by atoms with van der Waals surface area (Å²) in [5, 5.41) is 3.74. The summed E-state index contributed by atoms with van der Waals surface area (Å²) in [6.45, 7) is 4.02. The molecule has 1 rings (SSSR count). The van der Waals surface area contributed by atoms with Crippen molar-refractivity contribution in [3.8, 4) is 0 Å². The van der Waals surface area contributed by atoms with Crippen LogP contribution in [0, 0.1) is 0 Å². The Labute approximate surface area is 92.0 Å². The summed E-state index contributed by atoms with van der Waals surface area (Å²) in [5.74, 6) is 0. The normalized spacial score (nSPS) is 17.9. The third-order valence-electron chi connectivity index (χ3n) is 2.59. The van der Waals surface area contributed by atoms with E-state index in [0.717, 1.165) is 45.5 Å². The topological polar surface area (TPSA) is 61.2 Å². The highest BCUT2D eigenvalue weighted by molar-refractivity contribution is 4.77. The van der Waals surface area contributed by atoms with E-state index in [1.54, 1.807) is 7.11 Å². The maximum atomic E-state index is 8.29. The summed E-state index contributed by atoms with van der Waals surface area (Å²) in [5.41, 5.74) is 8.29. The number of ether oxygens (including phenoxy) is 1. The second kappa shape index (κ2) is 8.53. The van der Waals surface area contributed by atoms with Gasteiger partial charge in [0.1, 0.15) is 0 Å². The van der Waals surface area contributed by atoms with Gasteiger partial charge in [-0.25, -0.2) is 0 Å². The van der Waals surface area contributed by atoms with E-state index in [4.69, 9.17) is 10.3 Å².